The van der Waals surface area contributed by atoms with Gasteiger partial charge in [0.1, 0.15) is 17.7 Å². The molecule has 2 N–H and O–H groups in total. The average molecular weight is 471 g/mol. The number of nitrogens with one attached hydrogen (secondary N) is 2. The Kier molecular flexibility index (Phi) is 5.64. The van der Waals surface area contributed by atoms with Crippen LogP contribution in [0.1, 0.15) is 34.3 Å². The third-order valence-corrected chi connectivity index (χ3v) is 6.64. The second-order valence-electron chi connectivity index (χ2n) is 8.80. The van der Waals surface area contributed by atoms with E-state index in [4.69, 9.17) is 0 Å². The minimum absolute atomic E-state index is 0.155. The number of rotatable bonds is 4. The van der Waals surface area contributed by atoms with E-state index >= 15 is 4.39 Å². The lowest BCUT2D eigenvalue weighted by Crippen LogP contribution is -2.52. The number of carbonyl (C=O) groups is 3. The van der Waals surface area contributed by atoms with Crippen molar-refractivity contribution in [2.45, 2.75) is 32.0 Å². The van der Waals surface area contributed by atoms with Gasteiger partial charge in [-0.05, 0) is 30.2 Å². The predicted octanol–water partition coefficient (Wildman–Crippen LogP) is 0.736. The van der Waals surface area contributed by atoms with E-state index in [0.717, 1.165) is 6.20 Å². The number of piperidine rings is 1. The molecule has 178 valence electrons. The Hall–Kier alpha value is -3.60. The van der Waals surface area contributed by atoms with Crippen LogP contribution in [0.15, 0.2) is 29.2 Å². The molecule has 0 bridgehead atoms. The summed E-state index contributed by atoms with van der Waals surface area (Å²) in [6.45, 7) is 2.56. The second-order valence-corrected chi connectivity index (χ2v) is 8.80. The Morgan fingerprint density at radius 2 is 1.76 bits per heavy atom. The first kappa shape index (κ1) is 22.2. The number of aromatic amines is 1. The fourth-order valence-corrected chi connectivity index (χ4v) is 4.82. The monoisotopic (exact) mass is 471 g/mol. The molecule has 0 aliphatic carbocycles. The molecule has 3 amide bonds. The van der Waals surface area contributed by atoms with E-state index in [-0.39, 0.29) is 36.4 Å². The summed E-state index contributed by atoms with van der Waals surface area (Å²) in [5.41, 5.74) is 1.25. The lowest BCUT2D eigenvalue weighted by molar-refractivity contribution is -0.136. The number of amides is 3. The van der Waals surface area contributed by atoms with Crippen molar-refractivity contribution in [1.82, 2.24) is 20.1 Å². The van der Waals surface area contributed by atoms with Gasteiger partial charge in [0, 0.05) is 63.0 Å². The van der Waals surface area contributed by atoms with Crippen LogP contribution in [0.5, 0.6) is 0 Å². The Morgan fingerprint density at radius 3 is 2.50 bits per heavy atom. The van der Waals surface area contributed by atoms with Crippen LogP contribution in [-0.4, -0.2) is 64.7 Å². The van der Waals surface area contributed by atoms with E-state index in [1.165, 1.54) is 17.0 Å². The quantitative estimate of drug-likeness (QED) is 0.638. The van der Waals surface area contributed by atoms with Crippen LogP contribution in [0.4, 0.5) is 14.5 Å². The van der Waals surface area contributed by atoms with Crippen molar-refractivity contribution in [3.8, 4) is 0 Å². The maximum absolute atomic E-state index is 15.0. The largest absolute Gasteiger partial charge is 0.367 e. The number of hydrogen-bond acceptors (Lipinski definition) is 6. The number of nitrogens with zero attached hydrogens (tertiary/aromatic N) is 3. The molecule has 0 saturated carbocycles. The molecule has 11 heteroatoms. The molecular weight excluding hydrogens is 448 g/mol. The number of fused-ring (bicyclic) bond motifs is 1. The van der Waals surface area contributed by atoms with Gasteiger partial charge in [0.15, 0.2) is 0 Å². The van der Waals surface area contributed by atoms with Crippen molar-refractivity contribution in [2.75, 3.05) is 31.1 Å². The van der Waals surface area contributed by atoms with Crippen LogP contribution in [0.3, 0.4) is 0 Å². The molecule has 5 rings (SSSR count). The highest BCUT2D eigenvalue weighted by Gasteiger charge is 2.40. The number of imide groups is 1. The summed E-state index contributed by atoms with van der Waals surface area (Å²) in [6.07, 6.45) is 1.42. The summed E-state index contributed by atoms with van der Waals surface area (Å²) in [5.74, 6) is -2.31. The van der Waals surface area contributed by atoms with E-state index in [9.17, 15) is 23.6 Å². The molecule has 1 unspecified atom stereocenters. The maximum Gasteiger partial charge on any atom is 0.255 e. The van der Waals surface area contributed by atoms with E-state index in [2.05, 4.69) is 10.3 Å². The lowest BCUT2D eigenvalue weighted by atomic mass is 10.0. The Labute approximate surface area is 193 Å². The number of piperazine rings is 1. The molecule has 2 fully saturated rings. The fourth-order valence-electron chi connectivity index (χ4n) is 4.82. The number of hydrogen-bond donors (Lipinski definition) is 2. The number of carbonyl (C=O) groups excluding carboxylic acids is 3. The Balaban J connectivity index is 1.28. The standard InChI is InChI=1S/C23H23F2N5O4/c24-15-7-14(21(32)26-10-15)11-28-3-5-29(6-4-28)19-8-13-12-30(23(34)16(13)9-17(19)25)18-1-2-20(31)27-22(18)33/h7-10,18H,1-6,11-12H2,(H,26,32)(H,27,31,33). The van der Waals surface area contributed by atoms with Crippen LogP contribution >= 0.6 is 0 Å². The Morgan fingerprint density at radius 1 is 1.00 bits per heavy atom. The van der Waals surface area contributed by atoms with Gasteiger partial charge in [0.2, 0.25) is 11.8 Å². The van der Waals surface area contributed by atoms with Gasteiger partial charge < -0.3 is 14.8 Å². The highest BCUT2D eigenvalue weighted by Crippen LogP contribution is 2.33. The topological polar surface area (TPSA) is 106 Å². The van der Waals surface area contributed by atoms with Gasteiger partial charge in [-0.15, -0.1) is 0 Å². The molecule has 34 heavy (non-hydrogen) atoms. The third-order valence-electron chi connectivity index (χ3n) is 6.64. The minimum Gasteiger partial charge on any atom is -0.367 e. The van der Waals surface area contributed by atoms with E-state index in [0.29, 0.717) is 49.5 Å². The summed E-state index contributed by atoms with van der Waals surface area (Å²) >= 11 is 0. The van der Waals surface area contributed by atoms with Crippen LogP contribution < -0.4 is 15.8 Å². The van der Waals surface area contributed by atoms with Gasteiger partial charge >= 0.3 is 0 Å². The summed E-state index contributed by atoms with van der Waals surface area (Å²) in [5, 5.41) is 2.25. The molecule has 1 aromatic heterocycles. The molecule has 0 radical (unpaired) electrons. The zero-order valence-electron chi connectivity index (χ0n) is 18.3. The number of anilines is 1. The lowest BCUT2D eigenvalue weighted by Gasteiger charge is -2.36. The van der Waals surface area contributed by atoms with E-state index in [1.54, 1.807) is 6.07 Å². The highest BCUT2D eigenvalue weighted by molar-refractivity contribution is 6.05. The second kappa shape index (κ2) is 8.64. The number of aromatic nitrogens is 1. The molecule has 9 nitrogen and oxygen atoms in total. The molecular formula is C23H23F2N5O4. The molecule has 3 aliphatic heterocycles. The van der Waals surface area contributed by atoms with Crippen molar-refractivity contribution in [2.24, 2.45) is 0 Å². The first-order valence-electron chi connectivity index (χ1n) is 11.1. The third kappa shape index (κ3) is 4.07. The number of benzene rings is 1. The average Bonchev–Trinajstić information content (AvgIpc) is 3.11. The van der Waals surface area contributed by atoms with E-state index in [1.807, 2.05) is 9.80 Å². The van der Waals surface area contributed by atoms with Crippen molar-refractivity contribution in [3.05, 3.63) is 63.1 Å². The molecule has 1 aromatic carbocycles. The van der Waals surface area contributed by atoms with E-state index < -0.39 is 29.5 Å². The van der Waals surface area contributed by atoms with Crippen molar-refractivity contribution in [3.63, 3.8) is 0 Å². The van der Waals surface area contributed by atoms with Gasteiger partial charge in [-0.25, -0.2) is 8.78 Å². The molecule has 1 atom stereocenters. The molecule has 3 aliphatic rings. The first-order chi connectivity index (χ1) is 16.3. The summed E-state index contributed by atoms with van der Waals surface area (Å²) in [4.78, 5) is 56.0. The highest BCUT2D eigenvalue weighted by atomic mass is 19.1. The molecule has 4 heterocycles. The number of pyridine rings is 1. The van der Waals surface area contributed by atoms with Crippen LogP contribution in [0, 0.1) is 11.6 Å². The van der Waals surface area contributed by atoms with Gasteiger partial charge in [0.25, 0.3) is 11.5 Å². The zero-order valence-corrected chi connectivity index (χ0v) is 18.3. The van der Waals surface area contributed by atoms with Gasteiger partial charge in [-0.3, -0.25) is 29.4 Å². The van der Waals surface area contributed by atoms with Crippen LogP contribution in [0.2, 0.25) is 0 Å². The van der Waals surface area contributed by atoms with Crippen LogP contribution in [0.25, 0.3) is 0 Å². The first-order valence-corrected chi connectivity index (χ1v) is 11.1. The molecule has 2 saturated heterocycles. The van der Waals surface area contributed by atoms with Crippen LogP contribution in [-0.2, 0) is 22.7 Å². The summed E-state index contributed by atoms with van der Waals surface area (Å²) < 4.78 is 28.5. The predicted molar refractivity (Wildman–Crippen MR) is 117 cm³/mol. The summed E-state index contributed by atoms with van der Waals surface area (Å²) in [7, 11) is 0. The molecule has 0 spiro atoms. The summed E-state index contributed by atoms with van der Waals surface area (Å²) in [6, 6.07) is 3.34. The normalized spacial score (nSPS) is 21.1. The fraction of sp³-hybridized carbons (Fsp3) is 0.391. The van der Waals surface area contributed by atoms with Crippen molar-refractivity contribution < 1.29 is 23.2 Å². The smallest absolute Gasteiger partial charge is 0.255 e. The minimum atomic E-state index is -0.751. The maximum atomic E-state index is 15.0. The van der Waals surface area contributed by atoms with Crippen molar-refractivity contribution >= 4 is 23.4 Å². The zero-order chi connectivity index (χ0) is 24.0. The molecule has 2 aromatic rings. The van der Waals surface area contributed by atoms with Gasteiger partial charge in [-0.2, -0.15) is 0 Å². The van der Waals surface area contributed by atoms with Gasteiger partial charge in [-0.1, -0.05) is 0 Å². The number of halogens is 2. The SMILES string of the molecule is O=C1CCC(N2Cc3cc(N4CCN(Cc5cc(F)c[nH]c5=O)CC4)c(F)cc3C2=O)C(=O)N1. The number of H-pyrrole nitrogens is 1. The van der Waals surface area contributed by atoms with Crippen molar-refractivity contribution in [1.29, 1.82) is 0 Å². The Bertz CT molecular complexity index is 1240. The van der Waals surface area contributed by atoms with Gasteiger partial charge in [0.05, 0.1) is 5.69 Å².